The standard InChI is InChI=1S/C19H23N3O2/c23-17(15-6-2-1-3-7-15)10-11-20-19(24)16-8-9-18(21-14-16)22-12-4-5-13-22/h1-3,6-9,14,17,23H,4-5,10-13H2,(H,20,24). The molecule has 1 aromatic heterocycles. The molecule has 1 aliphatic heterocycles. The molecular formula is C19H23N3O2. The Bertz CT molecular complexity index is 652. The average molecular weight is 325 g/mol. The number of pyridine rings is 1. The van der Waals surface area contributed by atoms with Crippen LogP contribution in [0.5, 0.6) is 0 Å². The lowest BCUT2D eigenvalue weighted by Crippen LogP contribution is -2.26. The van der Waals surface area contributed by atoms with Crippen LogP contribution in [-0.4, -0.2) is 35.6 Å². The Hall–Kier alpha value is -2.40. The second-order valence-electron chi connectivity index (χ2n) is 6.07. The summed E-state index contributed by atoms with van der Waals surface area (Å²) < 4.78 is 0. The molecule has 1 atom stereocenters. The number of aliphatic hydroxyl groups is 1. The van der Waals surface area contributed by atoms with Gasteiger partial charge >= 0.3 is 0 Å². The number of amides is 1. The van der Waals surface area contributed by atoms with Crippen LogP contribution in [0.25, 0.3) is 0 Å². The minimum atomic E-state index is -0.567. The molecule has 3 rings (SSSR count). The highest BCUT2D eigenvalue weighted by molar-refractivity contribution is 5.94. The zero-order valence-electron chi connectivity index (χ0n) is 13.7. The zero-order valence-corrected chi connectivity index (χ0v) is 13.7. The third-order valence-corrected chi connectivity index (χ3v) is 4.33. The molecule has 1 aromatic carbocycles. The van der Waals surface area contributed by atoms with Crippen molar-refractivity contribution in [1.82, 2.24) is 10.3 Å². The van der Waals surface area contributed by atoms with E-state index in [0.717, 1.165) is 24.5 Å². The van der Waals surface area contributed by atoms with E-state index in [1.54, 1.807) is 6.20 Å². The topological polar surface area (TPSA) is 65.5 Å². The molecule has 1 aliphatic rings. The van der Waals surface area contributed by atoms with E-state index in [1.807, 2.05) is 42.5 Å². The molecule has 126 valence electrons. The number of anilines is 1. The molecule has 5 nitrogen and oxygen atoms in total. The maximum Gasteiger partial charge on any atom is 0.252 e. The van der Waals surface area contributed by atoms with Gasteiger partial charge in [0.05, 0.1) is 11.7 Å². The quantitative estimate of drug-likeness (QED) is 0.856. The third-order valence-electron chi connectivity index (χ3n) is 4.33. The van der Waals surface area contributed by atoms with Crippen LogP contribution in [0.3, 0.4) is 0 Å². The molecule has 0 aliphatic carbocycles. The smallest absolute Gasteiger partial charge is 0.252 e. The number of carbonyl (C=O) groups excluding carboxylic acids is 1. The van der Waals surface area contributed by atoms with Crippen LogP contribution >= 0.6 is 0 Å². The van der Waals surface area contributed by atoms with Crippen LogP contribution in [0.2, 0.25) is 0 Å². The van der Waals surface area contributed by atoms with Crippen LogP contribution in [0.4, 0.5) is 5.82 Å². The highest BCUT2D eigenvalue weighted by Gasteiger charge is 2.14. The van der Waals surface area contributed by atoms with Crippen molar-refractivity contribution in [2.75, 3.05) is 24.5 Å². The van der Waals surface area contributed by atoms with Gasteiger partial charge in [0.2, 0.25) is 0 Å². The van der Waals surface area contributed by atoms with E-state index in [1.165, 1.54) is 12.8 Å². The van der Waals surface area contributed by atoms with Gasteiger partial charge in [-0.15, -0.1) is 0 Å². The number of nitrogens with one attached hydrogen (secondary N) is 1. The summed E-state index contributed by atoms with van der Waals surface area (Å²) in [7, 11) is 0. The largest absolute Gasteiger partial charge is 0.388 e. The Morgan fingerprint density at radius 1 is 1.17 bits per heavy atom. The highest BCUT2D eigenvalue weighted by atomic mass is 16.3. The van der Waals surface area contributed by atoms with Gasteiger partial charge in [-0.3, -0.25) is 4.79 Å². The van der Waals surface area contributed by atoms with E-state index >= 15 is 0 Å². The predicted octanol–water partition coefficient (Wildman–Crippen LogP) is 2.54. The van der Waals surface area contributed by atoms with Gasteiger partial charge in [-0.1, -0.05) is 30.3 Å². The van der Waals surface area contributed by atoms with Gasteiger partial charge in [0.15, 0.2) is 0 Å². The number of hydrogen-bond acceptors (Lipinski definition) is 4. The number of nitrogens with zero attached hydrogens (tertiary/aromatic N) is 2. The maximum absolute atomic E-state index is 12.1. The molecule has 1 amide bonds. The summed E-state index contributed by atoms with van der Waals surface area (Å²) in [6.07, 6.45) is 3.94. The molecule has 0 spiro atoms. The number of aromatic nitrogens is 1. The van der Waals surface area contributed by atoms with Gasteiger partial charge in [-0.05, 0) is 37.0 Å². The number of hydrogen-bond donors (Lipinski definition) is 2. The molecule has 1 unspecified atom stereocenters. The third kappa shape index (κ3) is 4.11. The fourth-order valence-electron chi connectivity index (χ4n) is 2.92. The normalized spacial score (nSPS) is 15.3. The molecule has 1 saturated heterocycles. The number of rotatable bonds is 6. The summed E-state index contributed by atoms with van der Waals surface area (Å²) in [5.74, 6) is 0.777. The molecule has 2 aromatic rings. The Morgan fingerprint density at radius 3 is 2.58 bits per heavy atom. The molecule has 2 heterocycles. The van der Waals surface area contributed by atoms with Crippen molar-refractivity contribution >= 4 is 11.7 Å². The van der Waals surface area contributed by atoms with Gasteiger partial charge in [0.1, 0.15) is 5.82 Å². The van der Waals surface area contributed by atoms with E-state index in [2.05, 4.69) is 15.2 Å². The number of aliphatic hydroxyl groups excluding tert-OH is 1. The summed E-state index contributed by atoms with van der Waals surface area (Å²) in [5, 5.41) is 12.9. The van der Waals surface area contributed by atoms with Crippen molar-refractivity contribution in [1.29, 1.82) is 0 Å². The Balaban J connectivity index is 1.48. The minimum absolute atomic E-state index is 0.157. The molecule has 0 bridgehead atoms. The Kier molecular flexibility index (Phi) is 5.43. The van der Waals surface area contributed by atoms with Crippen molar-refractivity contribution < 1.29 is 9.90 Å². The molecule has 2 N–H and O–H groups in total. The predicted molar refractivity (Wildman–Crippen MR) is 94.0 cm³/mol. The highest BCUT2D eigenvalue weighted by Crippen LogP contribution is 2.18. The lowest BCUT2D eigenvalue weighted by molar-refractivity contribution is 0.0942. The molecular weight excluding hydrogens is 302 g/mol. The van der Waals surface area contributed by atoms with Crippen molar-refractivity contribution in [2.24, 2.45) is 0 Å². The summed E-state index contributed by atoms with van der Waals surface area (Å²) in [4.78, 5) is 18.8. The summed E-state index contributed by atoms with van der Waals surface area (Å²) in [6.45, 7) is 2.49. The van der Waals surface area contributed by atoms with Crippen LogP contribution < -0.4 is 10.2 Å². The zero-order chi connectivity index (χ0) is 16.8. The van der Waals surface area contributed by atoms with Crippen LogP contribution in [-0.2, 0) is 0 Å². The lowest BCUT2D eigenvalue weighted by Gasteiger charge is -2.16. The molecule has 1 fully saturated rings. The van der Waals surface area contributed by atoms with Crippen LogP contribution in [0, 0.1) is 0 Å². The fraction of sp³-hybridized carbons (Fsp3) is 0.368. The molecule has 5 heteroatoms. The van der Waals surface area contributed by atoms with Gasteiger partial charge in [0, 0.05) is 25.8 Å². The average Bonchev–Trinajstić information content (AvgIpc) is 3.17. The monoisotopic (exact) mass is 325 g/mol. The second kappa shape index (κ2) is 7.93. The molecule has 0 saturated carbocycles. The SMILES string of the molecule is O=C(NCCC(O)c1ccccc1)c1ccc(N2CCCC2)nc1. The summed E-state index contributed by atoms with van der Waals surface area (Å²) >= 11 is 0. The van der Waals surface area contributed by atoms with Crippen molar-refractivity contribution in [2.45, 2.75) is 25.4 Å². The van der Waals surface area contributed by atoms with Crippen LogP contribution in [0.15, 0.2) is 48.7 Å². The van der Waals surface area contributed by atoms with Gasteiger partial charge in [-0.2, -0.15) is 0 Å². The molecule has 0 radical (unpaired) electrons. The fourth-order valence-corrected chi connectivity index (χ4v) is 2.92. The minimum Gasteiger partial charge on any atom is -0.388 e. The van der Waals surface area contributed by atoms with Gasteiger partial charge < -0.3 is 15.3 Å². The lowest BCUT2D eigenvalue weighted by atomic mass is 10.1. The van der Waals surface area contributed by atoms with Crippen molar-refractivity contribution in [3.05, 3.63) is 59.8 Å². The first-order valence-corrected chi connectivity index (χ1v) is 8.46. The summed E-state index contributed by atoms with van der Waals surface area (Å²) in [5.41, 5.74) is 1.41. The van der Waals surface area contributed by atoms with Crippen molar-refractivity contribution in [3.8, 4) is 0 Å². The number of carbonyl (C=O) groups is 1. The van der Waals surface area contributed by atoms with Crippen LogP contribution in [0.1, 0.15) is 41.3 Å². The van der Waals surface area contributed by atoms with Gasteiger partial charge in [0.25, 0.3) is 5.91 Å². The first-order valence-electron chi connectivity index (χ1n) is 8.46. The van der Waals surface area contributed by atoms with E-state index in [4.69, 9.17) is 0 Å². The van der Waals surface area contributed by atoms with E-state index < -0.39 is 6.10 Å². The number of benzene rings is 1. The Morgan fingerprint density at radius 2 is 1.92 bits per heavy atom. The first kappa shape index (κ1) is 16.5. The van der Waals surface area contributed by atoms with E-state index in [0.29, 0.717) is 18.5 Å². The van der Waals surface area contributed by atoms with Crippen molar-refractivity contribution in [3.63, 3.8) is 0 Å². The first-order chi connectivity index (χ1) is 11.7. The summed E-state index contributed by atoms with van der Waals surface area (Å²) in [6, 6.07) is 13.2. The Labute approximate surface area is 142 Å². The molecule has 24 heavy (non-hydrogen) atoms. The van der Waals surface area contributed by atoms with Gasteiger partial charge in [-0.25, -0.2) is 4.98 Å². The second-order valence-corrected chi connectivity index (χ2v) is 6.07. The maximum atomic E-state index is 12.1. The van der Waals surface area contributed by atoms with E-state index in [-0.39, 0.29) is 5.91 Å². The van der Waals surface area contributed by atoms with E-state index in [9.17, 15) is 9.90 Å².